The Bertz CT molecular complexity index is 196. The van der Waals surface area contributed by atoms with Gasteiger partial charge in [0.2, 0.25) is 0 Å². The number of imidazole rings is 1. The molecule has 0 amide bonds. The fourth-order valence-electron chi connectivity index (χ4n) is 1.17. The highest BCUT2D eigenvalue weighted by molar-refractivity contribution is 4.75. The molecule has 0 aliphatic heterocycles. The lowest BCUT2D eigenvalue weighted by atomic mass is 10.3. The van der Waals surface area contributed by atoms with Crippen molar-refractivity contribution in [3.05, 3.63) is 18.7 Å². The van der Waals surface area contributed by atoms with Crippen molar-refractivity contribution >= 4 is 0 Å². The molecule has 0 saturated heterocycles. The van der Waals surface area contributed by atoms with Gasteiger partial charge in [0.1, 0.15) is 0 Å². The molecule has 1 atom stereocenters. The highest BCUT2D eigenvalue weighted by Crippen LogP contribution is 2.01. The van der Waals surface area contributed by atoms with E-state index in [4.69, 9.17) is 4.74 Å². The van der Waals surface area contributed by atoms with Crippen LogP contribution in [-0.4, -0.2) is 22.3 Å². The van der Waals surface area contributed by atoms with Crippen LogP contribution in [0, 0.1) is 0 Å². The minimum Gasteiger partial charge on any atom is -0.377 e. The molecule has 1 heterocycles. The van der Waals surface area contributed by atoms with E-state index in [2.05, 4.69) is 11.9 Å². The van der Waals surface area contributed by atoms with Crippen molar-refractivity contribution in [2.45, 2.75) is 32.9 Å². The van der Waals surface area contributed by atoms with Crippen molar-refractivity contribution in [2.24, 2.45) is 0 Å². The van der Waals surface area contributed by atoms with E-state index in [1.165, 1.54) is 0 Å². The fraction of sp³-hybridized carbons (Fsp3) is 0.667. The molecule has 3 heteroatoms. The Morgan fingerprint density at radius 2 is 2.33 bits per heavy atom. The summed E-state index contributed by atoms with van der Waals surface area (Å²) >= 11 is 0. The van der Waals surface area contributed by atoms with Crippen LogP contribution in [-0.2, 0) is 11.3 Å². The average molecular weight is 168 g/mol. The van der Waals surface area contributed by atoms with E-state index in [9.17, 15) is 0 Å². The standard InChI is InChI=1S/C9H16N2O/c1-3-9(12-4-2)7-11-6-5-10-8-11/h5-6,8-9H,3-4,7H2,1-2H3. The molecule has 0 bridgehead atoms. The van der Waals surface area contributed by atoms with Gasteiger partial charge in [0.25, 0.3) is 0 Å². The Kier molecular flexibility index (Phi) is 3.80. The molecule has 1 aromatic rings. The van der Waals surface area contributed by atoms with Gasteiger partial charge in [-0.3, -0.25) is 0 Å². The molecule has 0 radical (unpaired) electrons. The van der Waals surface area contributed by atoms with E-state index in [-0.39, 0.29) is 0 Å². The molecule has 12 heavy (non-hydrogen) atoms. The van der Waals surface area contributed by atoms with Crippen molar-refractivity contribution in [3.8, 4) is 0 Å². The van der Waals surface area contributed by atoms with Gasteiger partial charge in [-0.05, 0) is 13.3 Å². The molecule has 0 fully saturated rings. The molecular weight excluding hydrogens is 152 g/mol. The number of aromatic nitrogens is 2. The van der Waals surface area contributed by atoms with Gasteiger partial charge in [-0.1, -0.05) is 6.92 Å². The quantitative estimate of drug-likeness (QED) is 0.669. The van der Waals surface area contributed by atoms with E-state index in [1.807, 2.05) is 24.0 Å². The first-order valence-corrected chi connectivity index (χ1v) is 4.44. The van der Waals surface area contributed by atoms with Crippen molar-refractivity contribution in [1.82, 2.24) is 9.55 Å². The maximum Gasteiger partial charge on any atom is 0.0946 e. The summed E-state index contributed by atoms with van der Waals surface area (Å²) in [4.78, 5) is 3.98. The van der Waals surface area contributed by atoms with Gasteiger partial charge in [0, 0.05) is 25.5 Å². The number of hydrogen-bond donors (Lipinski definition) is 0. The second-order valence-electron chi connectivity index (χ2n) is 2.75. The molecule has 0 N–H and O–H groups in total. The van der Waals surface area contributed by atoms with E-state index >= 15 is 0 Å². The third-order valence-electron chi connectivity index (χ3n) is 1.83. The molecule has 1 aromatic heterocycles. The number of nitrogens with zero attached hydrogens (tertiary/aromatic N) is 2. The first-order chi connectivity index (χ1) is 5.86. The SMILES string of the molecule is CCOC(CC)Cn1ccnc1. The van der Waals surface area contributed by atoms with Crippen LogP contribution in [0.3, 0.4) is 0 Å². The summed E-state index contributed by atoms with van der Waals surface area (Å²) in [5, 5.41) is 0. The monoisotopic (exact) mass is 168 g/mol. The smallest absolute Gasteiger partial charge is 0.0946 e. The second kappa shape index (κ2) is 4.93. The van der Waals surface area contributed by atoms with Gasteiger partial charge in [0.15, 0.2) is 0 Å². The van der Waals surface area contributed by atoms with Crippen molar-refractivity contribution < 1.29 is 4.74 Å². The van der Waals surface area contributed by atoms with Gasteiger partial charge >= 0.3 is 0 Å². The van der Waals surface area contributed by atoms with Gasteiger partial charge in [0.05, 0.1) is 12.4 Å². The van der Waals surface area contributed by atoms with Crippen LogP contribution in [0.5, 0.6) is 0 Å². The Morgan fingerprint density at radius 3 is 2.83 bits per heavy atom. The summed E-state index contributed by atoms with van der Waals surface area (Å²) in [6.07, 6.45) is 6.94. The van der Waals surface area contributed by atoms with Crippen LogP contribution < -0.4 is 0 Å². The minimum absolute atomic E-state index is 0.323. The third kappa shape index (κ3) is 2.66. The summed E-state index contributed by atoms with van der Waals surface area (Å²) in [7, 11) is 0. The number of rotatable bonds is 5. The summed E-state index contributed by atoms with van der Waals surface area (Å²) in [5.41, 5.74) is 0. The molecule has 0 saturated carbocycles. The molecule has 0 spiro atoms. The van der Waals surface area contributed by atoms with Crippen LogP contribution in [0.25, 0.3) is 0 Å². The highest BCUT2D eigenvalue weighted by atomic mass is 16.5. The number of hydrogen-bond acceptors (Lipinski definition) is 2. The molecule has 3 nitrogen and oxygen atoms in total. The van der Waals surface area contributed by atoms with Crippen LogP contribution in [0.15, 0.2) is 18.7 Å². The predicted octanol–water partition coefficient (Wildman–Crippen LogP) is 1.70. The minimum atomic E-state index is 0.323. The van der Waals surface area contributed by atoms with E-state index in [1.54, 1.807) is 6.20 Å². The average Bonchev–Trinajstić information content (AvgIpc) is 2.56. The summed E-state index contributed by atoms with van der Waals surface area (Å²) in [6.45, 7) is 5.85. The lowest BCUT2D eigenvalue weighted by Gasteiger charge is -2.14. The number of ether oxygens (including phenoxy) is 1. The van der Waals surface area contributed by atoms with Crippen LogP contribution in [0.2, 0.25) is 0 Å². The summed E-state index contributed by atoms with van der Waals surface area (Å²) in [5.74, 6) is 0. The second-order valence-corrected chi connectivity index (χ2v) is 2.75. The lowest BCUT2D eigenvalue weighted by molar-refractivity contribution is 0.0480. The van der Waals surface area contributed by atoms with E-state index in [0.29, 0.717) is 6.10 Å². The Hall–Kier alpha value is -0.830. The molecule has 68 valence electrons. The van der Waals surface area contributed by atoms with E-state index in [0.717, 1.165) is 19.6 Å². The van der Waals surface area contributed by atoms with Crippen LogP contribution in [0.4, 0.5) is 0 Å². The van der Waals surface area contributed by atoms with Crippen molar-refractivity contribution in [1.29, 1.82) is 0 Å². The first-order valence-electron chi connectivity index (χ1n) is 4.44. The zero-order valence-electron chi connectivity index (χ0n) is 7.73. The molecule has 1 rings (SSSR count). The Morgan fingerprint density at radius 1 is 1.50 bits per heavy atom. The van der Waals surface area contributed by atoms with Gasteiger partial charge in [-0.2, -0.15) is 0 Å². The topological polar surface area (TPSA) is 27.1 Å². The largest absolute Gasteiger partial charge is 0.377 e. The maximum absolute atomic E-state index is 5.52. The van der Waals surface area contributed by atoms with E-state index < -0.39 is 0 Å². The zero-order valence-corrected chi connectivity index (χ0v) is 7.73. The van der Waals surface area contributed by atoms with Gasteiger partial charge in [-0.15, -0.1) is 0 Å². The van der Waals surface area contributed by atoms with Crippen LogP contribution in [0.1, 0.15) is 20.3 Å². The van der Waals surface area contributed by atoms with Crippen LogP contribution >= 0.6 is 0 Å². The summed E-state index contributed by atoms with van der Waals surface area (Å²) in [6, 6.07) is 0. The highest BCUT2D eigenvalue weighted by Gasteiger charge is 2.04. The lowest BCUT2D eigenvalue weighted by Crippen LogP contribution is -2.18. The van der Waals surface area contributed by atoms with Gasteiger partial charge < -0.3 is 9.30 Å². The Labute approximate surface area is 73.4 Å². The molecule has 0 aromatic carbocycles. The molecule has 1 unspecified atom stereocenters. The molecule has 0 aliphatic rings. The van der Waals surface area contributed by atoms with Crippen molar-refractivity contribution in [3.63, 3.8) is 0 Å². The van der Waals surface area contributed by atoms with Gasteiger partial charge in [-0.25, -0.2) is 4.98 Å². The first kappa shape index (κ1) is 9.26. The van der Waals surface area contributed by atoms with Crippen molar-refractivity contribution in [2.75, 3.05) is 6.61 Å². The zero-order chi connectivity index (χ0) is 8.81. The summed E-state index contributed by atoms with van der Waals surface area (Å²) < 4.78 is 7.56. The Balaban J connectivity index is 2.37. The molecular formula is C9H16N2O. The third-order valence-corrected chi connectivity index (χ3v) is 1.83. The normalized spacial score (nSPS) is 13.2. The fourth-order valence-corrected chi connectivity index (χ4v) is 1.17. The maximum atomic E-state index is 5.52. The molecule has 0 aliphatic carbocycles. The predicted molar refractivity (Wildman–Crippen MR) is 47.9 cm³/mol.